The van der Waals surface area contributed by atoms with Gasteiger partial charge in [-0.15, -0.1) is 0 Å². The largest absolute Gasteiger partial charge is 0.492 e. The molecule has 0 saturated carbocycles. The Labute approximate surface area is 196 Å². The van der Waals surface area contributed by atoms with Gasteiger partial charge in [-0.05, 0) is 37.3 Å². The van der Waals surface area contributed by atoms with Gasteiger partial charge in [0.1, 0.15) is 11.6 Å². The lowest BCUT2D eigenvalue weighted by Gasteiger charge is -2.24. The highest BCUT2D eigenvalue weighted by atomic mass is 19.4. The molecule has 3 aromatic rings. The summed E-state index contributed by atoms with van der Waals surface area (Å²) in [5.74, 6) is -2.23. The number of para-hydroxylation sites is 2. The molecule has 0 saturated heterocycles. The predicted octanol–water partition coefficient (Wildman–Crippen LogP) is 4.00. The number of carbonyl (C=O) groups excluding carboxylic acids is 2. The minimum absolute atomic E-state index is 0.0203. The van der Waals surface area contributed by atoms with Crippen LogP contribution in [0.2, 0.25) is 0 Å². The number of H-pyrrole nitrogens is 1. The van der Waals surface area contributed by atoms with Gasteiger partial charge in [-0.3, -0.25) is 19.4 Å². The molecule has 182 valence electrons. The Bertz CT molecular complexity index is 1340. The van der Waals surface area contributed by atoms with Crippen molar-refractivity contribution in [3.8, 4) is 5.75 Å². The second kappa shape index (κ2) is 9.49. The number of ether oxygens (including phenoxy) is 1. The standard InChI is InChI=1S/C23H20F3N5O4/c1-2-35-16-9-4-3-8-15(16)28-20(33)14-11-17(32)29-19-18(14)21(34)31-22(30-19)27-13-7-5-6-12(10-13)23(24,25)26/h3-10,14H,2,11H2,1H3,(H,28,33)(H3,27,29,30,31,32,34)/t14-/m0/s1. The van der Waals surface area contributed by atoms with Gasteiger partial charge in [-0.2, -0.15) is 18.2 Å². The third-order valence-electron chi connectivity index (χ3n) is 5.16. The summed E-state index contributed by atoms with van der Waals surface area (Å²) in [6.45, 7) is 2.16. The van der Waals surface area contributed by atoms with Crippen LogP contribution >= 0.6 is 0 Å². The van der Waals surface area contributed by atoms with E-state index in [1.165, 1.54) is 12.1 Å². The van der Waals surface area contributed by atoms with Gasteiger partial charge in [0, 0.05) is 12.1 Å². The van der Waals surface area contributed by atoms with Gasteiger partial charge in [0.05, 0.1) is 29.3 Å². The Morgan fingerprint density at radius 3 is 2.69 bits per heavy atom. The lowest BCUT2D eigenvalue weighted by Crippen LogP contribution is -2.36. The van der Waals surface area contributed by atoms with E-state index in [-0.39, 0.29) is 29.4 Å². The van der Waals surface area contributed by atoms with Crippen LogP contribution in [0.1, 0.15) is 30.4 Å². The first kappa shape index (κ1) is 23.8. The zero-order valence-corrected chi connectivity index (χ0v) is 18.3. The summed E-state index contributed by atoms with van der Waals surface area (Å²) in [6, 6.07) is 11.0. The summed E-state index contributed by atoms with van der Waals surface area (Å²) in [6.07, 6.45) is -4.84. The van der Waals surface area contributed by atoms with E-state index >= 15 is 0 Å². The third kappa shape index (κ3) is 5.26. The van der Waals surface area contributed by atoms with Gasteiger partial charge in [-0.25, -0.2) is 0 Å². The fourth-order valence-electron chi connectivity index (χ4n) is 3.64. The Morgan fingerprint density at radius 1 is 1.17 bits per heavy atom. The van der Waals surface area contributed by atoms with Crippen LogP contribution in [0, 0.1) is 0 Å². The van der Waals surface area contributed by atoms with Gasteiger partial charge < -0.3 is 20.7 Å². The van der Waals surface area contributed by atoms with Crippen molar-refractivity contribution in [3.63, 3.8) is 0 Å². The van der Waals surface area contributed by atoms with E-state index in [1.807, 2.05) is 0 Å². The molecule has 2 aromatic carbocycles. The summed E-state index contributed by atoms with van der Waals surface area (Å²) in [5, 5.41) is 7.72. The number of alkyl halides is 3. The third-order valence-corrected chi connectivity index (χ3v) is 5.16. The summed E-state index contributed by atoms with van der Waals surface area (Å²) in [7, 11) is 0. The topological polar surface area (TPSA) is 125 Å². The fourth-order valence-corrected chi connectivity index (χ4v) is 3.64. The average Bonchev–Trinajstić information content (AvgIpc) is 2.79. The smallest absolute Gasteiger partial charge is 0.416 e. The van der Waals surface area contributed by atoms with Crippen LogP contribution in [0.25, 0.3) is 0 Å². The first-order valence-electron chi connectivity index (χ1n) is 10.6. The van der Waals surface area contributed by atoms with Crippen molar-refractivity contribution in [1.29, 1.82) is 0 Å². The molecule has 0 spiro atoms. The number of fused-ring (bicyclic) bond motifs is 1. The maximum Gasteiger partial charge on any atom is 0.416 e. The normalized spacial score (nSPS) is 15.1. The fraction of sp³-hybridized carbons (Fsp3) is 0.217. The maximum absolute atomic E-state index is 13.0. The van der Waals surface area contributed by atoms with E-state index in [0.29, 0.717) is 18.0 Å². The zero-order chi connectivity index (χ0) is 25.2. The summed E-state index contributed by atoms with van der Waals surface area (Å²) in [4.78, 5) is 44.7. The molecule has 0 radical (unpaired) electrons. The highest BCUT2D eigenvalue weighted by molar-refractivity contribution is 6.05. The molecular formula is C23H20F3N5O4. The van der Waals surface area contributed by atoms with Crippen molar-refractivity contribution in [1.82, 2.24) is 9.97 Å². The van der Waals surface area contributed by atoms with E-state index < -0.39 is 35.0 Å². The number of amides is 2. The predicted molar refractivity (Wildman–Crippen MR) is 122 cm³/mol. The monoisotopic (exact) mass is 487 g/mol. The molecule has 35 heavy (non-hydrogen) atoms. The number of carbonyl (C=O) groups is 2. The maximum atomic E-state index is 13.0. The molecule has 0 aliphatic carbocycles. The van der Waals surface area contributed by atoms with Crippen LogP contribution in [-0.2, 0) is 15.8 Å². The Morgan fingerprint density at radius 2 is 1.94 bits per heavy atom. The van der Waals surface area contributed by atoms with Gasteiger partial charge >= 0.3 is 6.18 Å². The highest BCUT2D eigenvalue weighted by Gasteiger charge is 2.35. The molecule has 1 atom stereocenters. The molecule has 1 aliphatic rings. The van der Waals surface area contributed by atoms with E-state index in [1.54, 1.807) is 31.2 Å². The van der Waals surface area contributed by atoms with Crippen LogP contribution in [0.5, 0.6) is 5.75 Å². The van der Waals surface area contributed by atoms with Crippen LogP contribution in [0.4, 0.5) is 36.3 Å². The van der Waals surface area contributed by atoms with Gasteiger partial charge in [0.15, 0.2) is 0 Å². The molecular weight excluding hydrogens is 467 g/mol. The molecule has 4 N–H and O–H groups in total. The number of hydrogen-bond acceptors (Lipinski definition) is 6. The molecule has 2 heterocycles. The molecule has 0 unspecified atom stereocenters. The molecule has 0 fully saturated rings. The Balaban J connectivity index is 1.63. The van der Waals surface area contributed by atoms with Crippen molar-refractivity contribution >= 4 is 35.0 Å². The van der Waals surface area contributed by atoms with Crippen molar-refractivity contribution in [2.75, 3.05) is 22.6 Å². The number of nitrogens with one attached hydrogen (secondary N) is 4. The van der Waals surface area contributed by atoms with Crippen LogP contribution in [0.3, 0.4) is 0 Å². The number of aromatic amines is 1. The summed E-state index contributed by atoms with van der Waals surface area (Å²) < 4.78 is 44.5. The van der Waals surface area contributed by atoms with Gasteiger partial charge in [0.2, 0.25) is 17.8 Å². The average molecular weight is 487 g/mol. The number of hydrogen-bond donors (Lipinski definition) is 4. The van der Waals surface area contributed by atoms with Crippen molar-refractivity contribution < 1.29 is 27.5 Å². The van der Waals surface area contributed by atoms with Crippen molar-refractivity contribution in [2.24, 2.45) is 0 Å². The SMILES string of the molecule is CCOc1ccccc1NC(=O)[C@H]1CC(=O)Nc2nc(Nc3cccc(C(F)(F)F)c3)[nH]c(=O)c21. The molecule has 12 heteroatoms. The lowest BCUT2D eigenvalue weighted by atomic mass is 9.92. The minimum atomic E-state index is -4.55. The second-order valence-corrected chi connectivity index (χ2v) is 7.60. The van der Waals surface area contributed by atoms with Crippen LogP contribution in [-0.4, -0.2) is 28.4 Å². The van der Waals surface area contributed by atoms with Crippen LogP contribution < -0.4 is 26.2 Å². The van der Waals surface area contributed by atoms with E-state index in [0.717, 1.165) is 12.1 Å². The number of nitrogens with zero attached hydrogens (tertiary/aromatic N) is 1. The van der Waals surface area contributed by atoms with Crippen molar-refractivity contribution in [2.45, 2.75) is 25.4 Å². The second-order valence-electron chi connectivity index (χ2n) is 7.60. The Hall–Kier alpha value is -4.35. The number of aromatic nitrogens is 2. The number of halogens is 3. The Kier molecular flexibility index (Phi) is 6.45. The van der Waals surface area contributed by atoms with Crippen LogP contribution in [0.15, 0.2) is 53.3 Å². The summed E-state index contributed by atoms with van der Waals surface area (Å²) in [5.41, 5.74) is -1.28. The van der Waals surface area contributed by atoms with Crippen molar-refractivity contribution in [3.05, 3.63) is 70.0 Å². The molecule has 4 rings (SSSR count). The highest BCUT2D eigenvalue weighted by Crippen LogP contribution is 2.33. The zero-order valence-electron chi connectivity index (χ0n) is 18.3. The summed E-state index contributed by atoms with van der Waals surface area (Å²) >= 11 is 0. The molecule has 0 bridgehead atoms. The molecule has 2 amide bonds. The molecule has 1 aliphatic heterocycles. The first-order valence-corrected chi connectivity index (χ1v) is 10.6. The van der Waals surface area contributed by atoms with Gasteiger partial charge in [-0.1, -0.05) is 18.2 Å². The lowest BCUT2D eigenvalue weighted by molar-refractivity contribution is -0.137. The van der Waals surface area contributed by atoms with E-state index in [4.69, 9.17) is 4.74 Å². The quantitative estimate of drug-likeness (QED) is 0.417. The van der Waals surface area contributed by atoms with E-state index in [2.05, 4.69) is 25.9 Å². The number of benzene rings is 2. The molecule has 1 aromatic heterocycles. The first-order chi connectivity index (χ1) is 16.7. The van der Waals surface area contributed by atoms with Gasteiger partial charge in [0.25, 0.3) is 5.56 Å². The number of rotatable bonds is 6. The van der Waals surface area contributed by atoms with E-state index in [9.17, 15) is 27.6 Å². The minimum Gasteiger partial charge on any atom is -0.492 e. The molecule has 9 nitrogen and oxygen atoms in total. The number of anilines is 4.